The summed E-state index contributed by atoms with van der Waals surface area (Å²) in [6.07, 6.45) is 2.12. The quantitative estimate of drug-likeness (QED) is 0.745. The van der Waals surface area contributed by atoms with Crippen LogP contribution in [0.3, 0.4) is 0 Å². The number of hydrogen-bond acceptors (Lipinski definition) is 3. The van der Waals surface area contributed by atoms with Crippen LogP contribution < -0.4 is 14.2 Å². The normalized spacial score (nSPS) is 12.1. The summed E-state index contributed by atoms with van der Waals surface area (Å²) in [5.74, 6) is 2.31. The molecule has 0 aliphatic rings. The number of rotatable bonds is 6. The van der Waals surface area contributed by atoms with Gasteiger partial charge in [0.25, 0.3) is 0 Å². The fraction of sp³-hybridized carbons (Fsp3) is 0.538. The van der Waals surface area contributed by atoms with E-state index >= 15 is 0 Å². The van der Waals surface area contributed by atoms with Crippen LogP contribution in [0.2, 0.25) is 0 Å². The molecule has 0 aliphatic carbocycles. The molecule has 0 amide bonds. The van der Waals surface area contributed by atoms with E-state index in [1.807, 2.05) is 12.1 Å². The smallest absolute Gasteiger partial charge is 0.130 e. The molecule has 17 heavy (non-hydrogen) atoms. The van der Waals surface area contributed by atoms with Crippen LogP contribution in [0.5, 0.6) is 17.2 Å². The number of alkyl halides is 1. The largest absolute Gasteiger partial charge is 0.496 e. The van der Waals surface area contributed by atoms with Gasteiger partial charge >= 0.3 is 0 Å². The van der Waals surface area contributed by atoms with Crippen molar-refractivity contribution in [1.82, 2.24) is 0 Å². The molecule has 0 fully saturated rings. The van der Waals surface area contributed by atoms with E-state index in [1.165, 1.54) is 0 Å². The summed E-state index contributed by atoms with van der Waals surface area (Å²) in [4.78, 5) is 0.225. The molecule has 0 heterocycles. The van der Waals surface area contributed by atoms with Crippen LogP contribution in [-0.4, -0.2) is 21.3 Å². The summed E-state index contributed by atoms with van der Waals surface area (Å²) < 4.78 is 16.0. The first kappa shape index (κ1) is 14.2. The molecule has 3 nitrogen and oxygen atoms in total. The van der Waals surface area contributed by atoms with Crippen LogP contribution in [0.25, 0.3) is 0 Å². The Hall–Kier alpha value is -0.900. The van der Waals surface area contributed by atoms with Gasteiger partial charge in [-0.15, -0.1) is 0 Å². The minimum Gasteiger partial charge on any atom is -0.496 e. The lowest BCUT2D eigenvalue weighted by atomic mass is 10.1. The van der Waals surface area contributed by atoms with Gasteiger partial charge in [0.05, 0.1) is 26.9 Å². The van der Waals surface area contributed by atoms with Crippen molar-refractivity contribution < 1.29 is 14.2 Å². The first-order valence-corrected chi connectivity index (χ1v) is 6.53. The van der Waals surface area contributed by atoms with Gasteiger partial charge in [0.2, 0.25) is 0 Å². The molecule has 1 rings (SSSR count). The first-order chi connectivity index (χ1) is 8.17. The van der Waals surface area contributed by atoms with Crippen molar-refractivity contribution in [3.8, 4) is 17.2 Å². The fourth-order valence-electron chi connectivity index (χ4n) is 1.74. The van der Waals surface area contributed by atoms with Gasteiger partial charge in [-0.3, -0.25) is 0 Å². The van der Waals surface area contributed by atoms with Crippen molar-refractivity contribution in [2.75, 3.05) is 21.3 Å². The number of ether oxygens (including phenoxy) is 3. The lowest BCUT2D eigenvalue weighted by Gasteiger charge is -2.18. The van der Waals surface area contributed by atoms with Gasteiger partial charge in [-0.2, -0.15) is 0 Å². The summed E-state index contributed by atoms with van der Waals surface area (Å²) in [6.45, 7) is 2.15. The van der Waals surface area contributed by atoms with Crippen molar-refractivity contribution in [3.05, 3.63) is 17.7 Å². The van der Waals surface area contributed by atoms with E-state index in [0.717, 1.165) is 35.7 Å². The molecule has 0 N–H and O–H groups in total. The Kier molecular flexibility index (Phi) is 5.62. The second kappa shape index (κ2) is 6.74. The van der Waals surface area contributed by atoms with Crippen molar-refractivity contribution in [3.63, 3.8) is 0 Å². The molecule has 0 spiro atoms. The highest BCUT2D eigenvalue weighted by Gasteiger charge is 2.19. The highest BCUT2D eigenvalue weighted by atomic mass is 79.9. The molecule has 0 radical (unpaired) electrons. The summed E-state index contributed by atoms with van der Waals surface area (Å²) in [6, 6.07) is 3.75. The van der Waals surface area contributed by atoms with Crippen LogP contribution in [0.1, 0.15) is 30.2 Å². The minimum atomic E-state index is 0.225. The van der Waals surface area contributed by atoms with Gasteiger partial charge in [-0.25, -0.2) is 0 Å². The standard InChI is InChI=1S/C13H19BrO3/c1-5-6-10(14)13-11(16-3)7-9(15-2)8-12(13)17-4/h7-8,10H,5-6H2,1-4H3. The molecular formula is C13H19BrO3. The van der Waals surface area contributed by atoms with Crippen molar-refractivity contribution >= 4 is 15.9 Å². The zero-order valence-corrected chi connectivity index (χ0v) is 12.3. The van der Waals surface area contributed by atoms with E-state index in [4.69, 9.17) is 14.2 Å². The second-order valence-electron chi connectivity index (χ2n) is 3.70. The predicted octanol–water partition coefficient (Wildman–Crippen LogP) is 3.95. The molecule has 0 aliphatic heterocycles. The Labute approximate surface area is 111 Å². The minimum absolute atomic E-state index is 0.225. The Morgan fingerprint density at radius 3 is 1.94 bits per heavy atom. The Bertz CT molecular complexity index is 341. The van der Waals surface area contributed by atoms with Crippen molar-refractivity contribution in [1.29, 1.82) is 0 Å². The lowest BCUT2D eigenvalue weighted by molar-refractivity contribution is 0.368. The number of methoxy groups -OCH3 is 3. The first-order valence-electron chi connectivity index (χ1n) is 5.61. The Balaban J connectivity index is 3.23. The predicted molar refractivity (Wildman–Crippen MR) is 72.7 cm³/mol. The average Bonchev–Trinajstić information content (AvgIpc) is 2.37. The lowest BCUT2D eigenvalue weighted by Crippen LogP contribution is -2.00. The van der Waals surface area contributed by atoms with Crippen LogP contribution in [0, 0.1) is 0 Å². The SMILES string of the molecule is CCCC(Br)c1c(OC)cc(OC)cc1OC. The third kappa shape index (κ3) is 3.28. The molecule has 96 valence electrons. The maximum absolute atomic E-state index is 5.41. The highest BCUT2D eigenvalue weighted by Crippen LogP contribution is 2.43. The monoisotopic (exact) mass is 302 g/mol. The van der Waals surface area contributed by atoms with Crippen LogP contribution >= 0.6 is 15.9 Å². The van der Waals surface area contributed by atoms with Crippen LogP contribution in [-0.2, 0) is 0 Å². The topological polar surface area (TPSA) is 27.7 Å². The maximum Gasteiger partial charge on any atom is 0.130 e. The summed E-state index contributed by atoms with van der Waals surface area (Å²) in [7, 11) is 4.94. The van der Waals surface area contributed by atoms with Crippen molar-refractivity contribution in [2.24, 2.45) is 0 Å². The van der Waals surface area contributed by atoms with E-state index in [9.17, 15) is 0 Å². The maximum atomic E-state index is 5.41. The average molecular weight is 303 g/mol. The number of hydrogen-bond donors (Lipinski definition) is 0. The Morgan fingerprint density at radius 2 is 1.59 bits per heavy atom. The summed E-state index contributed by atoms with van der Waals surface area (Å²) in [5, 5.41) is 0. The third-order valence-corrected chi connectivity index (χ3v) is 3.52. The molecule has 1 aromatic rings. The molecule has 1 aromatic carbocycles. The zero-order chi connectivity index (χ0) is 12.8. The van der Waals surface area contributed by atoms with Gasteiger partial charge in [0.15, 0.2) is 0 Å². The second-order valence-corrected chi connectivity index (χ2v) is 4.81. The van der Waals surface area contributed by atoms with Crippen LogP contribution in [0.15, 0.2) is 12.1 Å². The highest BCUT2D eigenvalue weighted by molar-refractivity contribution is 9.09. The molecule has 4 heteroatoms. The molecule has 0 aromatic heterocycles. The van der Waals surface area contributed by atoms with Gasteiger partial charge in [-0.05, 0) is 6.42 Å². The van der Waals surface area contributed by atoms with E-state index < -0.39 is 0 Å². The van der Waals surface area contributed by atoms with E-state index in [2.05, 4.69) is 22.9 Å². The van der Waals surface area contributed by atoms with Gasteiger partial charge in [0.1, 0.15) is 17.2 Å². The number of benzene rings is 1. The summed E-state index contributed by atoms with van der Waals surface area (Å²) in [5.41, 5.74) is 1.04. The van der Waals surface area contributed by atoms with Gasteiger partial charge in [0, 0.05) is 17.0 Å². The van der Waals surface area contributed by atoms with Crippen LogP contribution in [0.4, 0.5) is 0 Å². The van der Waals surface area contributed by atoms with Crippen molar-refractivity contribution in [2.45, 2.75) is 24.6 Å². The number of halogens is 1. The Morgan fingerprint density at radius 1 is 1.06 bits per heavy atom. The third-order valence-electron chi connectivity index (χ3n) is 2.61. The van der Waals surface area contributed by atoms with Gasteiger partial charge < -0.3 is 14.2 Å². The molecule has 1 unspecified atom stereocenters. The molecule has 0 saturated carbocycles. The fourth-order valence-corrected chi connectivity index (χ4v) is 2.65. The van der Waals surface area contributed by atoms with Gasteiger partial charge in [-0.1, -0.05) is 29.3 Å². The zero-order valence-electron chi connectivity index (χ0n) is 10.7. The summed E-state index contributed by atoms with van der Waals surface area (Å²) >= 11 is 3.68. The molecule has 0 saturated heterocycles. The van der Waals surface area contributed by atoms with E-state index in [-0.39, 0.29) is 4.83 Å². The van der Waals surface area contributed by atoms with E-state index in [1.54, 1.807) is 21.3 Å². The molecule has 1 atom stereocenters. The molecule has 0 bridgehead atoms. The van der Waals surface area contributed by atoms with E-state index in [0.29, 0.717) is 0 Å². The molecular weight excluding hydrogens is 284 g/mol.